The maximum Gasteiger partial charge on any atom is 0.271 e. The number of nitrogens with one attached hydrogen (secondary N) is 2. The number of aryl methyl sites for hydroxylation is 1. The fourth-order valence-corrected chi connectivity index (χ4v) is 2.57. The Morgan fingerprint density at radius 1 is 1.00 bits per heavy atom. The van der Waals surface area contributed by atoms with E-state index in [-0.39, 0.29) is 11.8 Å². The molecule has 7 nitrogen and oxygen atoms in total. The van der Waals surface area contributed by atoms with Crippen LogP contribution in [0, 0.1) is 13.8 Å². The van der Waals surface area contributed by atoms with Crippen LogP contribution in [0.25, 0.3) is 0 Å². The number of aromatic nitrogens is 2. The van der Waals surface area contributed by atoms with E-state index < -0.39 is 0 Å². The Morgan fingerprint density at radius 3 is 2.37 bits per heavy atom. The van der Waals surface area contributed by atoms with Crippen LogP contribution in [0.15, 0.2) is 66.0 Å². The Morgan fingerprint density at radius 2 is 1.67 bits per heavy atom. The highest BCUT2D eigenvalue weighted by atomic mass is 16.2. The molecule has 3 rings (SSSR count). The average Bonchev–Trinajstić information content (AvgIpc) is 2.96. The predicted octanol–water partition coefficient (Wildman–Crippen LogP) is 2.65. The molecule has 0 atom stereocenters. The SMILES string of the molecule is Cc1cc(/C=N\NC(=O)c2ccncc2)c(C)n1NC(=O)c1ccccc1. The number of amides is 2. The molecule has 0 spiro atoms. The zero-order valence-electron chi connectivity index (χ0n) is 15.0. The van der Waals surface area contributed by atoms with Gasteiger partial charge < -0.3 is 0 Å². The van der Waals surface area contributed by atoms with Crippen molar-refractivity contribution in [3.63, 3.8) is 0 Å². The van der Waals surface area contributed by atoms with E-state index in [2.05, 4.69) is 20.9 Å². The van der Waals surface area contributed by atoms with Gasteiger partial charge in [0, 0.05) is 40.5 Å². The number of nitrogens with zero attached hydrogens (tertiary/aromatic N) is 3. The molecule has 2 amide bonds. The van der Waals surface area contributed by atoms with Crippen LogP contribution in [0.4, 0.5) is 0 Å². The fraction of sp³-hybridized carbons (Fsp3) is 0.100. The van der Waals surface area contributed by atoms with Crippen LogP contribution < -0.4 is 10.9 Å². The van der Waals surface area contributed by atoms with Crippen molar-refractivity contribution < 1.29 is 9.59 Å². The average molecular weight is 361 g/mol. The van der Waals surface area contributed by atoms with Gasteiger partial charge in [-0.15, -0.1) is 0 Å². The largest absolute Gasteiger partial charge is 0.271 e. The molecule has 7 heteroatoms. The van der Waals surface area contributed by atoms with Crippen LogP contribution in [0.2, 0.25) is 0 Å². The summed E-state index contributed by atoms with van der Waals surface area (Å²) in [6, 6.07) is 14.1. The van der Waals surface area contributed by atoms with Crippen LogP contribution in [0.5, 0.6) is 0 Å². The quantitative estimate of drug-likeness (QED) is 0.541. The molecule has 0 saturated heterocycles. The van der Waals surface area contributed by atoms with Crippen LogP contribution in [0.3, 0.4) is 0 Å². The smallest absolute Gasteiger partial charge is 0.267 e. The van der Waals surface area contributed by atoms with Crippen molar-refractivity contribution in [2.24, 2.45) is 5.10 Å². The van der Waals surface area contributed by atoms with Gasteiger partial charge in [0.1, 0.15) is 0 Å². The molecule has 136 valence electrons. The summed E-state index contributed by atoms with van der Waals surface area (Å²) in [5.41, 5.74) is 8.83. The predicted molar refractivity (Wildman–Crippen MR) is 103 cm³/mol. The lowest BCUT2D eigenvalue weighted by atomic mass is 10.2. The van der Waals surface area contributed by atoms with E-state index in [0.29, 0.717) is 11.1 Å². The van der Waals surface area contributed by atoms with Gasteiger partial charge in [-0.3, -0.25) is 24.7 Å². The van der Waals surface area contributed by atoms with E-state index in [0.717, 1.165) is 17.0 Å². The first-order valence-electron chi connectivity index (χ1n) is 8.35. The highest BCUT2D eigenvalue weighted by Gasteiger charge is 2.12. The molecular weight excluding hydrogens is 342 g/mol. The molecule has 0 fully saturated rings. The van der Waals surface area contributed by atoms with Crippen LogP contribution >= 0.6 is 0 Å². The van der Waals surface area contributed by atoms with E-state index >= 15 is 0 Å². The number of pyridine rings is 1. The van der Waals surface area contributed by atoms with Gasteiger partial charge in [-0.25, -0.2) is 5.43 Å². The first kappa shape index (κ1) is 18.1. The summed E-state index contributed by atoms with van der Waals surface area (Å²) in [7, 11) is 0. The highest BCUT2D eigenvalue weighted by Crippen LogP contribution is 2.12. The van der Waals surface area contributed by atoms with Gasteiger partial charge in [0.15, 0.2) is 0 Å². The lowest BCUT2D eigenvalue weighted by Crippen LogP contribution is -2.24. The topological polar surface area (TPSA) is 88.4 Å². The number of hydrogen-bond donors (Lipinski definition) is 2. The minimum atomic E-state index is -0.320. The summed E-state index contributed by atoms with van der Waals surface area (Å²) in [6.07, 6.45) is 4.63. The summed E-state index contributed by atoms with van der Waals surface area (Å²) < 4.78 is 1.70. The summed E-state index contributed by atoms with van der Waals surface area (Å²) in [5, 5.41) is 4.00. The van der Waals surface area contributed by atoms with E-state index in [1.807, 2.05) is 38.1 Å². The Labute approximate surface area is 156 Å². The monoisotopic (exact) mass is 361 g/mol. The summed E-state index contributed by atoms with van der Waals surface area (Å²) in [4.78, 5) is 28.2. The molecule has 0 aliphatic rings. The first-order chi connectivity index (χ1) is 13.1. The van der Waals surface area contributed by atoms with E-state index in [4.69, 9.17) is 0 Å². The fourth-order valence-electron chi connectivity index (χ4n) is 2.57. The van der Waals surface area contributed by atoms with E-state index in [1.165, 1.54) is 0 Å². The normalized spacial score (nSPS) is 10.7. The summed E-state index contributed by atoms with van der Waals surface area (Å²) in [5.74, 6) is -0.522. The Hall–Kier alpha value is -3.74. The zero-order valence-corrected chi connectivity index (χ0v) is 15.0. The van der Waals surface area contributed by atoms with Crippen molar-refractivity contribution >= 4 is 18.0 Å². The molecule has 27 heavy (non-hydrogen) atoms. The molecular formula is C20H19N5O2. The Kier molecular flexibility index (Phi) is 5.41. The number of rotatable bonds is 5. The van der Waals surface area contributed by atoms with Crippen molar-refractivity contribution in [3.05, 3.63) is 89.0 Å². The van der Waals surface area contributed by atoms with E-state index in [1.54, 1.807) is 47.5 Å². The molecule has 0 unspecified atom stereocenters. The lowest BCUT2D eigenvalue weighted by molar-refractivity contribution is 0.0954. The third kappa shape index (κ3) is 4.27. The molecule has 2 N–H and O–H groups in total. The van der Waals surface area contributed by atoms with Crippen molar-refractivity contribution in [1.82, 2.24) is 15.1 Å². The maximum atomic E-state index is 12.4. The minimum Gasteiger partial charge on any atom is -0.267 e. The summed E-state index contributed by atoms with van der Waals surface area (Å²) >= 11 is 0. The molecule has 3 aromatic rings. The second-order valence-electron chi connectivity index (χ2n) is 5.90. The van der Waals surface area contributed by atoms with Crippen molar-refractivity contribution in [2.45, 2.75) is 13.8 Å². The van der Waals surface area contributed by atoms with Crippen molar-refractivity contribution in [1.29, 1.82) is 0 Å². The molecule has 2 heterocycles. The third-order valence-corrected chi connectivity index (χ3v) is 4.03. The number of hydrazone groups is 1. The van der Waals surface area contributed by atoms with Crippen LogP contribution in [0.1, 0.15) is 37.7 Å². The van der Waals surface area contributed by atoms with Crippen LogP contribution in [-0.2, 0) is 0 Å². The number of carbonyl (C=O) groups excluding carboxylic acids is 2. The van der Waals surface area contributed by atoms with Gasteiger partial charge in [0.05, 0.1) is 6.21 Å². The molecule has 0 aliphatic heterocycles. The molecule has 2 aromatic heterocycles. The van der Waals surface area contributed by atoms with Gasteiger partial charge in [-0.2, -0.15) is 5.10 Å². The molecule has 1 aromatic carbocycles. The standard InChI is InChI=1S/C20H19N5O2/c1-14-12-18(13-22-23-19(26)17-8-10-21-11-9-17)15(2)25(14)24-20(27)16-6-4-3-5-7-16/h3-13H,1-2H3,(H,23,26)(H,24,27)/b22-13-. The van der Waals surface area contributed by atoms with Crippen LogP contribution in [-0.4, -0.2) is 27.7 Å². The van der Waals surface area contributed by atoms with Crippen molar-refractivity contribution in [3.8, 4) is 0 Å². The van der Waals surface area contributed by atoms with Gasteiger partial charge in [-0.1, -0.05) is 18.2 Å². The minimum absolute atomic E-state index is 0.202. The number of benzene rings is 1. The van der Waals surface area contributed by atoms with Gasteiger partial charge in [0.25, 0.3) is 11.8 Å². The number of hydrogen-bond acceptors (Lipinski definition) is 4. The van der Waals surface area contributed by atoms with Crippen molar-refractivity contribution in [2.75, 3.05) is 5.43 Å². The highest BCUT2D eigenvalue weighted by molar-refractivity contribution is 6.00. The molecule has 0 bridgehead atoms. The third-order valence-electron chi connectivity index (χ3n) is 4.03. The van der Waals surface area contributed by atoms with Gasteiger partial charge in [0.2, 0.25) is 0 Å². The van der Waals surface area contributed by atoms with Gasteiger partial charge in [-0.05, 0) is 44.2 Å². The van der Waals surface area contributed by atoms with E-state index in [9.17, 15) is 9.59 Å². The Balaban J connectivity index is 1.70. The number of carbonyl (C=O) groups is 2. The maximum absolute atomic E-state index is 12.4. The molecule has 0 radical (unpaired) electrons. The molecule has 0 saturated carbocycles. The molecule has 0 aliphatic carbocycles. The Bertz CT molecular complexity index is 978. The lowest BCUT2D eigenvalue weighted by Gasteiger charge is -2.11. The second kappa shape index (κ2) is 8.09. The second-order valence-corrected chi connectivity index (χ2v) is 5.90. The summed E-state index contributed by atoms with van der Waals surface area (Å²) in [6.45, 7) is 3.75. The zero-order chi connectivity index (χ0) is 19.2. The first-order valence-corrected chi connectivity index (χ1v) is 8.35. The van der Waals surface area contributed by atoms with Gasteiger partial charge >= 0.3 is 0 Å².